The summed E-state index contributed by atoms with van der Waals surface area (Å²) in [7, 11) is 7.82. The molecule has 6 heteroatoms. The number of hydrogen-bond donors (Lipinski definition) is 1. The quantitative estimate of drug-likeness (QED) is 0.724. The lowest BCUT2D eigenvalue weighted by Crippen LogP contribution is -2.20. The van der Waals surface area contributed by atoms with Gasteiger partial charge >= 0.3 is 0 Å². The van der Waals surface area contributed by atoms with Gasteiger partial charge in [0.25, 0.3) is 5.56 Å². The van der Waals surface area contributed by atoms with E-state index in [4.69, 9.17) is 5.11 Å². The average Bonchev–Trinajstić information content (AvgIpc) is 3.02. The Hall–Kier alpha value is -2.15. The highest BCUT2D eigenvalue weighted by Crippen LogP contribution is 2.34. The summed E-state index contributed by atoms with van der Waals surface area (Å²) >= 11 is 1.66. The summed E-state index contributed by atoms with van der Waals surface area (Å²) in [4.78, 5) is 17.9. The SMILES string of the molecule is CN(CCO)Cc1cc2c(=O)n(C)cc(-c3cccc(N(C)C)c3)c2s1. The molecule has 0 aliphatic rings. The number of aliphatic hydroxyl groups excluding tert-OH is 1. The van der Waals surface area contributed by atoms with Gasteiger partial charge in [-0.3, -0.25) is 9.69 Å². The van der Waals surface area contributed by atoms with Gasteiger partial charge in [-0.05, 0) is 30.8 Å². The van der Waals surface area contributed by atoms with Gasteiger partial charge in [0, 0.05) is 61.3 Å². The Labute approximate surface area is 157 Å². The fraction of sp³-hybridized carbons (Fsp3) is 0.350. The van der Waals surface area contributed by atoms with E-state index >= 15 is 0 Å². The molecule has 0 aliphatic heterocycles. The van der Waals surface area contributed by atoms with Gasteiger partial charge in [0.1, 0.15) is 0 Å². The first-order valence-corrected chi connectivity index (χ1v) is 9.41. The van der Waals surface area contributed by atoms with E-state index in [9.17, 15) is 4.79 Å². The number of likely N-dealkylation sites (N-methyl/N-ethyl adjacent to an activating group) is 1. The minimum absolute atomic E-state index is 0.0276. The second-order valence-corrected chi connectivity index (χ2v) is 7.96. The van der Waals surface area contributed by atoms with Gasteiger partial charge in [-0.2, -0.15) is 0 Å². The molecule has 138 valence electrons. The van der Waals surface area contributed by atoms with Crippen LogP contribution in [0.1, 0.15) is 4.88 Å². The first-order chi connectivity index (χ1) is 12.4. The Kier molecular flexibility index (Phi) is 5.46. The fourth-order valence-electron chi connectivity index (χ4n) is 3.05. The number of aryl methyl sites for hydroxylation is 1. The topological polar surface area (TPSA) is 48.7 Å². The summed E-state index contributed by atoms with van der Waals surface area (Å²) in [5, 5.41) is 9.86. The second kappa shape index (κ2) is 7.61. The molecule has 0 aliphatic carbocycles. The highest BCUT2D eigenvalue weighted by atomic mass is 32.1. The highest BCUT2D eigenvalue weighted by Gasteiger charge is 2.14. The Morgan fingerprint density at radius 3 is 2.65 bits per heavy atom. The highest BCUT2D eigenvalue weighted by molar-refractivity contribution is 7.19. The number of hydrogen-bond acceptors (Lipinski definition) is 5. The maximum Gasteiger partial charge on any atom is 0.259 e. The van der Waals surface area contributed by atoms with Crippen LogP contribution in [0.2, 0.25) is 0 Å². The van der Waals surface area contributed by atoms with Crippen molar-refractivity contribution in [2.24, 2.45) is 7.05 Å². The van der Waals surface area contributed by atoms with Gasteiger partial charge in [0.05, 0.1) is 12.0 Å². The minimum Gasteiger partial charge on any atom is -0.395 e. The first-order valence-electron chi connectivity index (χ1n) is 8.60. The van der Waals surface area contributed by atoms with Crippen molar-refractivity contribution in [3.8, 4) is 11.1 Å². The molecular weight excluding hydrogens is 346 g/mol. The van der Waals surface area contributed by atoms with Gasteiger partial charge in [0.2, 0.25) is 0 Å². The Morgan fingerprint density at radius 1 is 1.19 bits per heavy atom. The molecule has 1 N–H and O–H groups in total. The van der Waals surface area contributed by atoms with Crippen LogP contribution in [0.25, 0.3) is 21.2 Å². The zero-order valence-electron chi connectivity index (χ0n) is 15.7. The molecule has 26 heavy (non-hydrogen) atoms. The third-order valence-corrected chi connectivity index (χ3v) is 5.64. The van der Waals surface area contributed by atoms with Crippen LogP contribution in [0.5, 0.6) is 0 Å². The van der Waals surface area contributed by atoms with E-state index in [1.165, 1.54) is 0 Å². The van der Waals surface area contributed by atoms with Crippen molar-refractivity contribution in [3.63, 3.8) is 0 Å². The lowest BCUT2D eigenvalue weighted by atomic mass is 10.1. The van der Waals surface area contributed by atoms with Gasteiger partial charge in [-0.1, -0.05) is 12.1 Å². The molecule has 0 amide bonds. The summed E-state index contributed by atoms with van der Waals surface area (Å²) < 4.78 is 2.69. The smallest absolute Gasteiger partial charge is 0.259 e. The largest absolute Gasteiger partial charge is 0.395 e. The molecule has 0 radical (unpaired) electrons. The van der Waals surface area contributed by atoms with E-state index in [2.05, 4.69) is 28.0 Å². The van der Waals surface area contributed by atoms with E-state index in [0.29, 0.717) is 6.54 Å². The second-order valence-electron chi connectivity index (χ2n) is 6.82. The number of aromatic nitrogens is 1. The van der Waals surface area contributed by atoms with Crippen molar-refractivity contribution < 1.29 is 5.11 Å². The van der Waals surface area contributed by atoms with Gasteiger partial charge < -0.3 is 14.6 Å². The van der Waals surface area contributed by atoms with Gasteiger partial charge in [-0.25, -0.2) is 0 Å². The summed E-state index contributed by atoms with van der Waals surface area (Å²) in [6.45, 7) is 1.47. The molecule has 0 bridgehead atoms. The number of benzene rings is 1. The maximum atomic E-state index is 12.6. The zero-order valence-corrected chi connectivity index (χ0v) is 16.5. The molecule has 0 unspecified atom stereocenters. The first kappa shape index (κ1) is 18.6. The van der Waals surface area contributed by atoms with E-state index in [1.54, 1.807) is 23.0 Å². The van der Waals surface area contributed by atoms with E-state index in [-0.39, 0.29) is 12.2 Å². The monoisotopic (exact) mass is 371 g/mol. The van der Waals surface area contributed by atoms with Crippen LogP contribution in [0.3, 0.4) is 0 Å². The van der Waals surface area contributed by atoms with Crippen LogP contribution in [0.15, 0.2) is 41.3 Å². The van der Waals surface area contributed by atoms with E-state index in [1.807, 2.05) is 39.5 Å². The summed E-state index contributed by atoms with van der Waals surface area (Å²) in [6, 6.07) is 10.4. The number of anilines is 1. The minimum atomic E-state index is 0.0276. The average molecular weight is 372 g/mol. The standard InChI is InChI=1S/C20H25N3O2S/c1-21(2)15-7-5-6-14(10-15)18-13-23(4)20(25)17-11-16(26-19(17)18)12-22(3)8-9-24/h5-7,10-11,13,24H,8-9,12H2,1-4H3. The summed E-state index contributed by atoms with van der Waals surface area (Å²) in [6.07, 6.45) is 1.93. The number of thiophene rings is 1. The molecular formula is C20H25N3O2S. The third-order valence-electron chi connectivity index (χ3n) is 4.48. The van der Waals surface area contributed by atoms with E-state index < -0.39 is 0 Å². The van der Waals surface area contributed by atoms with Crippen molar-refractivity contribution in [1.29, 1.82) is 0 Å². The van der Waals surface area contributed by atoms with Crippen molar-refractivity contribution in [2.45, 2.75) is 6.54 Å². The lowest BCUT2D eigenvalue weighted by molar-refractivity contribution is 0.218. The molecule has 0 spiro atoms. The molecule has 3 aromatic rings. The molecule has 0 saturated carbocycles. The van der Waals surface area contributed by atoms with Crippen LogP contribution >= 0.6 is 11.3 Å². The Balaban J connectivity index is 2.13. The third kappa shape index (κ3) is 3.67. The van der Waals surface area contributed by atoms with Crippen LogP contribution in [-0.4, -0.2) is 48.9 Å². The molecule has 0 fully saturated rings. The molecule has 1 aromatic carbocycles. The Morgan fingerprint density at radius 2 is 1.96 bits per heavy atom. The predicted octanol–water partition coefficient (Wildman–Crippen LogP) is 2.76. The molecule has 2 heterocycles. The maximum absolute atomic E-state index is 12.6. The van der Waals surface area contributed by atoms with Gasteiger partial charge in [0.15, 0.2) is 0 Å². The molecule has 5 nitrogen and oxygen atoms in total. The Bertz CT molecular complexity index is 975. The lowest BCUT2D eigenvalue weighted by Gasteiger charge is -2.14. The van der Waals surface area contributed by atoms with Crippen LogP contribution in [0.4, 0.5) is 5.69 Å². The van der Waals surface area contributed by atoms with E-state index in [0.717, 1.165) is 38.3 Å². The molecule has 3 rings (SSSR count). The zero-order chi connectivity index (χ0) is 18.8. The van der Waals surface area contributed by atoms with Crippen LogP contribution in [-0.2, 0) is 13.6 Å². The summed E-state index contributed by atoms with van der Waals surface area (Å²) in [5.41, 5.74) is 3.34. The number of fused-ring (bicyclic) bond motifs is 1. The molecule has 0 atom stereocenters. The number of rotatable bonds is 6. The fourth-order valence-corrected chi connectivity index (χ4v) is 4.31. The summed E-state index contributed by atoms with van der Waals surface area (Å²) in [5.74, 6) is 0. The number of nitrogens with zero attached hydrogens (tertiary/aromatic N) is 3. The van der Waals surface area contributed by atoms with Crippen LogP contribution in [0, 0.1) is 0 Å². The number of aliphatic hydroxyl groups is 1. The van der Waals surface area contributed by atoms with Crippen molar-refractivity contribution >= 4 is 27.1 Å². The predicted molar refractivity (Wildman–Crippen MR) is 110 cm³/mol. The molecule has 0 saturated heterocycles. The van der Waals surface area contributed by atoms with Crippen molar-refractivity contribution in [1.82, 2.24) is 9.47 Å². The number of pyridine rings is 1. The normalized spacial score (nSPS) is 11.5. The molecule has 2 aromatic heterocycles. The van der Waals surface area contributed by atoms with Crippen molar-refractivity contribution in [2.75, 3.05) is 39.2 Å². The van der Waals surface area contributed by atoms with Crippen molar-refractivity contribution in [3.05, 3.63) is 51.8 Å². The van der Waals surface area contributed by atoms with Gasteiger partial charge in [-0.15, -0.1) is 11.3 Å². The van der Waals surface area contributed by atoms with Crippen LogP contribution < -0.4 is 10.5 Å².